The van der Waals surface area contributed by atoms with E-state index in [2.05, 4.69) is 34.5 Å². The molecule has 0 aliphatic heterocycles. The molecular weight excluding hydrogens is 364 g/mol. The number of benzene rings is 2. The minimum atomic E-state index is -0.535. The highest BCUT2D eigenvalue weighted by Crippen LogP contribution is 2.19. The van der Waals surface area contributed by atoms with E-state index in [4.69, 9.17) is 4.74 Å². The molecule has 2 aromatic rings. The Balaban J connectivity index is 1.34. The fourth-order valence-electron chi connectivity index (χ4n) is 3.81. The first-order chi connectivity index (χ1) is 14.1. The molecule has 1 saturated carbocycles. The van der Waals surface area contributed by atoms with Gasteiger partial charge in [0.15, 0.2) is 0 Å². The van der Waals surface area contributed by atoms with E-state index in [1.807, 2.05) is 37.4 Å². The van der Waals surface area contributed by atoms with Crippen molar-refractivity contribution in [1.29, 1.82) is 0 Å². The van der Waals surface area contributed by atoms with Crippen molar-refractivity contribution in [1.82, 2.24) is 10.2 Å². The molecule has 5 heteroatoms. The first-order valence-corrected chi connectivity index (χ1v) is 10.6. The molecule has 1 aliphatic carbocycles. The van der Waals surface area contributed by atoms with E-state index in [-0.39, 0.29) is 12.7 Å². The monoisotopic (exact) mass is 398 g/mol. The third-order valence-electron chi connectivity index (χ3n) is 5.48. The van der Waals surface area contributed by atoms with Gasteiger partial charge in [-0.2, -0.15) is 0 Å². The van der Waals surface area contributed by atoms with Crippen molar-refractivity contribution in [2.75, 3.05) is 20.2 Å². The number of ether oxygens (including phenoxy) is 1. The van der Waals surface area contributed by atoms with Crippen LogP contribution >= 0.6 is 0 Å². The molecule has 0 saturated heterocycles. The van der Waals surface area contributed by atoms with Crippen LogP contribution in [0, 0.1) is 0 Å². The molecule has 158 valence electrons. The second kappa shape index (κ2) is 11.3. The predicted octanol–water partition coefficient (Wildman–Crippen LogP) is 2.95. The van der Waals surface area contributed by atoms with Gasteiger partial charge in [-0.15, -0.1) is 0 Å². The van der Waals surface area contributed by atoms with Gasteiger partial charge in [-0.25, -0.2) is 0 Å². The SMILES string of the molecule is CN(Cc1ccccc1)CC(O)COc1ccc(CNC2CCC(O)CC2)cc1. The summed E-state index contributed by atoms with van der Waals surface area (Å²) in [6.45, 7) is 2.47. The van der Waals surface area contributed by atoms with Gasteiger partial charge in [0.2, 0.25) is 0 Å². The standard InChI is InChI=1S/C24H34N2O3/c1-26(16-20-5-3-2-4-6-20)17-23(28)18-29-24-13-7-19(8-14-24)15-25-21-9-11-22(27)12-10-21/h2-8,13-14,21-23,25,27-28H,9-12,15-18H2,1H3. The summed E-state index contributed by atoms with van der Waals surface area (Å²) in [4.78, 5) is 2.10. The molecule has 2 aromatic carbocycles. The Morgan fingerprint density at radius 3 is 2.38 bits per heavy atom. The van der Waals surface area contributed by atoms with E-state index in [0.29, 0.717) is 12.6 Å². The number of aliphatic hydroxyl groups is 2. The van der Waals surface area contributed by atoms with Gasteiger partial charge >= 0.3 is 0 Å². The van der Waals surface area contributed by atoms with Gasteiger partial charge in [0.05, 0.1) is 6.10 Å². The Morgan fingerprint density at radius 1 is 1.00 bits per heavy atom. The lowest BCUT2D eigenvalue weighted by Crippen LogP contribution is -2.34. The van der Waals surface area contributed by atoms with Crippen molar-refractivity contribution in [3.63, 3.8) is 0 Å². The molecule has 1 atom stereocenters. The van der Waals surface area contributed by atoms with E-state index >= 15 is 0 Å². The van der Waals surface area contributed by atoms with Crippen molar-refractivity contribution in [2.24, 2.45) is 0 Å². The van der Waals surface area contributed by atoms with E-state index in [0.717, 1.165) is 44.5 Å². The molecule has 0 amide bonds. The fourth-order valence-corrected chi connectivity index (χ4v) is 3.81. The summed E-state index contributed by atoms with van der Waals surface area (Å²) in [6.07, 6.45) is 3.23. The summed E-state index contributed by atoms with van der Waals surface area (Å²) in [5.74, 6) is 0.777. The minimum absolute atomic E-state index is 0.113. The van der Waals surface area contributed by atoms with E-state index < -0.39 is 6.10 Å². The number of hydrogen-bond acceptors (Lipinski definition) is 5. The van der Waals surface area contributed by atoms with Crippen molar-refractivity contribution in [3.05, 3.63) is 65.7 Å². The number of hydrogen-bond donors (Lipinski definition) is 3. The van der Waals surface area contributed by atoms with Crippen molar-refractivity contribution in [3.8, 4) is 5.75 Å². The Morgan fingerprint density at radius 2 is 1.69 bits per heavy atom. The third-order valence-corrected chi connectivity index (χ3v) is 5.48. The van der Waals surface area contributed by atoms with Crippen LogP contribution in [-0.4, -0.2) is 53.6 Å². The van der Waals surface area contributed by atoms with Crippen LogP contribution in [0.2, 0.25) is 0 Å². The third kappa shape index (κ3) is 7.78. The molecule has 1 fully saturated rings. The van der Waals surface area contributed by atoms with Crippen molar-refractivity contribution in [2.45, 2.75) is 57.0 Å². The first-order valence-electron chi connectivity index (χ1n) is 10.6. The summed E-state index contributed by atoms with van der Waals surface area (Å²) in [7, 11) is 2.00. The molecular formula is C24H34N2O3. The Hall–Kier alpha value is -1.92. The lowest BCUT2D eigenvalue weighted by molar-refractivity contribution is 0.0744. The van der Waals surface area contributed by atoms with E-state index in [9.17, 15) is 10.2 Å². The molecule has 1 unspecified atom stereocenters. The van der Waals surface area contributed by atoms with Crippen molar-refractivity contribution >= 4 is 0 Å². The average Bonchev–Trinajstić information content (AvgIpc) is 2.73. The lowest BCUT2D eigenvalue weighted by atomic mass is 9.93. The van der Waals surface area contributed by atoms with Gasteiger partial charge in [0.1, 0.15) is 18.5 Å². The van der Waals surface area contributed by atoms with E-state index in [1.165, 1.54) is 11.1 Å². The Kier molecular flexibility index (Phi) is 8.50. The zero-order valence-electron chi connectivity index (χ0n) is 17.3. The summed E-state index contributed by atoms with van der Waals surface area (Å²) in [5.41, 5.74) is 2.45. The topological polar surface area (TPSA) is 65.0 Å². The van der Waals surface area contributed by atoms with Gasteiger partial charge in [0.25, 0.3) is 0 Å². The molecule has 1 aliphatic rings. The maximum absolute atomic E-state index is 10.3. The highest BCUT2D eigenvalue weighted by atomic mass is 16.5. The molecule has 0 spiro atoms. The van der Waals surface area contributed by atoms with Gasteiger partial charge in [-0.05, 0) is 56.0 Å². The van der Waals surface area contributed by atoms with Crippen LogP contribution < -0.4 is 10.1 Å². The second-order valence-electron chi connectivity index (χ2n) is 8.18. The van der Waals surface area contributed by atoms with Gasteiger partial charge in [-0.1, -0.05) is 42.5 Å². The van der Waals surface area contributed by atoms with Crippen LogP contribution in [0.4, 0.5) is 0 Å². The number of aliphatic hydroxyl groups excluding tert-OH is 2. The maximum Gasteiger partial charge on any atom is 0.119 e. The van der Waals surface area contributed by atoms with Crippen LogP contribution in [0.5, 0.6) is 5.75 Å². The maximum atomic E-state index is 10.3. The molecule has 0 radical (unpaired) electrons. The molecule has 3 rings (SSSR count). The molecule has 0 heterocycles. The van der Waals surface area contributed by atoms with Crippen LogP contribution in [0.25, 0.3) is 0 Å². The zero-order valence-corrected chi connectivity index (χ0v) is 17.3. The molecule has 3 N–H and O–H groups in total. The predicted molar refractivity (Wildman–Crippen MR) is 116 cm³/mol. The average molecular weight is 399 g/mol. The lowest BCUT2D eigenvalue weighted by Gasteiger charge is -2.26. The smallest absolute Gasteiger partial charge is 0.119 e. The number of rotatable bonds is 10. The van der Waals surface area contributed by atoms with Gasteiger partial charge < -0.3 is 20.3 Å². The van der Waals surface area contributed by atoms with E-state index in [1.54, 1.807) is 0 Å². The van der Waals surface area contributed by atoms with Gasteiger partial charge in [-0.3, -0.25) is 4.90 Å². The second-order valence-corrected chi connectivity index (χ2v) is 8.18. The molecule has 29 heavy (non-hydrogen) atoms. The summed E-state index contributed by atoms with van der Waals surface area (Å²) in [5, 5.41) is 23.4. The first kappa shape index (κ1) is 21.8. The number of nitrogens with one attached hydrogen (secondary N) is 1. The minimum Gasteiger partial charge on any atom is -0.491 e. The number of likely N-dealkylation sites (N-methyl/N-ethyl adjacent to an activating group) is 1. The fraction of sp³-hybridized carbons (Fsp3) is 0.500. The number of nitrogens with zero attached hydrogens (tertiary/aromatic N) is 1. The summed E-state index contributed by atoms with van der Waals surface area (Å²) < 4.78 is 5.76. The summed E-state index contributed by atoms with van der Waals surface area (Å²) in [6, 6.07) is 18.8. The highest BCUT2D eigenvalue weighted by molar-refractivity contribution is 5.27. The Labute approximate surface area is 174 Å². The summed E-state index contributed by atoms with van der Waals surface area (Å²) >= 11 is 0. The Bertz CT molecular complexity index is 700. The van der Waals surface area contributed by atoms with Crippen LogP contribution in [0.15, 0.2) is 54.6 Å². The molecule has 0 bridgehead atoms. The van der Waals surface area contributed by atoms with Crippen LogP contribution in [-0.2, 0) is 13.1 Å². The van der Waals surface area contributed by atoms with Crippen LogP contribution in [0.1, 0.15) is 36.8 Å². The normalized spacial score (nSPS) is 20.6. The molecule has 0 aromatic heterocycles. The van der Waals surface area contributed by atoms with Crippen molar-refractivity contribution < 1.29 is 14.9 Å². The zero-order chi connectivity index (χ0) is 20.5. The largest absolute Gasteiger partial charge is 0.491 e. The van der Waals surface area contributed by atoms with Gasteiger partial charge in [0, 0.05) is 25.7 Å². The highest BCUT2D eigenvalue weighted by Gasteiger charge is 2.18. The molecule has 5 nitrogen and oxygen atoms in total. The van der Waals surface area contributed by atoms with Crippen LogP contribution in [0.3, 0.4) is 0 Å². The quantitative estimate of drug-likeness (QED) is 0.574.